The summed E-state index contributed by atoms with van der Waals surface area (Å²) in [5.41, 5.74) is 1.68. The Kier molecular flexibility index (Phi) is 8.53. The predicted octanol–water partition coefficient (Wildman–Crippen LogP) is 2.36. The van der Waals surface area contributed by atoms with Crippen LogP contribution < -0.4 is 10.0 Å². The van der Waals surface area contributed by atoms with Crippen molar-refractivity contribution in [1.29, 1.82) is 0 Å². The molecule has 0 fully saturated rings. The third kappa shape index (κ3) is 6.77. The Morgan fingerprint density at radius 2 is 1.71 bits per heavy atom. The Morgan fingerprint density at radius 3 is 2.26 bits per heavy atom. The minimum atomic E-state index is -3.98. The number of hydrogen-bond acceptors (Lipinski definition) is 5. The van der Waals surface area contributed by atoms with Gasteiger partial charge in [0.15, 0.2) is 0 Å². The average Bonchev–Trinajstić information content (AvgIpc) is 2.76. The number of amides is 1. The van der Waals surface area contributed by atoms with Gasteiger partial charge in [0.1, 0.15) is 12.1 Å². The van der Waals surface area contributed by atoms with E-state index in [0.717, 1.165) is 11.1 Å². The molecule has 0 aliphatic heterocycles. The van der Waals surface area contributed by atoms with E-state index in [9.17, 15) is 18.0 Å². The fraction of sp³-hybridized carbons (Fsp3) is 0.304. The van der Waals surface area contributed by atoms with Gasteiger partial charge in [-0.2, -0.15) is 4.72 Å². The highest BCUT2D eigenvalue weighted by Crippen LogP contribution is 2.14. The quantitative estimate of drug-likeness (QED) is 0.433. The number of nitrogens with one attached hydrogen (secondary N) is 2. The molecule has 3 atom stereocenters. The highest BCUT2D eigenvalue weighted by atomic mass is 32.2. The number of esters is 1. The number of methoxy groups -OCH3 is 1. The minimum absolute atomic E-state index is 0.0490. The van der Waals surface area contributed by atoms with Crippen molar-refractivity contribution in [1.82, 2.24) is 10.0 Å². The summed E-state index contributed by atoms with van der Waals surface area (Å²) in [6.45, 7) is 7.21. The second-order valence-corrected chi connectivity index (χ2v) is 8.99. The zero-order valence-electron chi connectivity index (χ0n) is 17.9. The molecule has 2 rings (SSSR count). The number of carbonyl (C=O) groups excluding carboxylic acids is 2. The summed E-state index contributed by atoms with van der Waals surface area (Å²) in [5.74, 6) is -1.69. The van der Waals surface area contributed by atoms with Crippen molar-refractivity contribution in [3.63, 3.8) is 0 Å². The SMILES string of the molecule is C=C[C@@H](C)[C@@H](NC(=O)[C@H](Cc1ccccc1)NS(=O)(=O)c1ccc(C)cc1)C(=O)OC. The summed E-state index contributed by atoms with van der Waals surface area (Å²) < 4.78 is 33.1. The second kappa shape index (κ2) is 10.9. The first kappa shape index (κ1) is 24.3. The first-order valence-corrected chi connectivity index (χ1v) is 11.3. The lowest BCUT2D eigenvalue weighted by Gasteiger charge is -2.24. The van der Waals surface area contributed by atoms with Crippen molar-refractivity contribution in [3.8, 4) is 0 Å². The summed E-state index contributed by atoms with van der Waals surface area (Å²) in [6, 6.07) is 13.2. The van der Waals surface area contributed by atoms with Crippen LogP contribution >= 0.6 is 0 Å². The van der Waals surface area contributed by atoms with Crippen molar-refractivity contribution >= 4 is 21.9 Å². The number of ether oxygens (including phenoxy) is 1. The average molecular weight is 445 g/mol. The molecule has 7 nitrogen and oxygen atoms in total. The number of rotatable bonds is 10. The van der Waals surface area contributed by atoms with Gasteiger partial charge in [0, 0.05) is 5.92 Å². The molecule has 8 heteroatoms. The van der Waals surface area contributed by atoms with Crippen molar-refractivity contribution < 1.29 is 22.7 Å². The van der Waals surface area contributed by atoms with E-state index < -0.39 is 39.9 Å². The van der Waals surface area contributed by atoms with Crippen LogP contribution in [0.2, 0.25) is 0 Å². The monoisotopic (exact) mass is 444 g/mol. The van der Waals surface area contributed by atoms with Gasteiger partial charge >= 0.3 is 5.97 Å². The molecular weight excluding hydrogens is 416 g/mol. The Balaban J connectivity index is 2.33. The van der Waals surface area contributed by atoms with Crippen molar-refractivity contribution in [2.24, 2.45) is 5.92 Å². The molecule has 0 radical (unpaired) electrons. The van der Waals surface area contributed by atoms with Crippen LogP contribution in [0.3, 0.4) is 0 Å². The Morgan fingerprint density at radius 1 is 1.10 bits per heavy atom. The summed E-state index contributed by atoms with van der Waals surface area (Å²) >= 11 is 0. The van der Waals surface area contributed by atoms with E-state index in [1.165, 1.54) is 25.3 Å². The molecule has 2 N–H and O–H groups in total. The maximum Gasteiger partial charge on any atom is 0.328 e. The molecule has 0 aliphatic rings. The van der Waals surface area contributed by atoms with E-state index in [4.69, 9.17) is 4.74 Å². The zero-order valence-corrected chi connectivity index (χ0v) is 18.7. The summed E-state index contributed by atoms with van der Waals surface area (Å²) in [4.78, 5) is 25.3. The number of aryl methyl sites for hydroxylation is 1. The zero-order chi connectivity index (χ0) is 23.0. The van der Waals surface area contributed by atoms with Gasteiger partial charge < -0.3 is 10.1 Å². The molecule has 0 bridgehead atoms. The fourth-order valence-electron chi connectivity index (χ4n) is 2.93. The molecule has 0 unspecified atom stereocenters. The van der Waals surface area contributed by atoms with Crippen molar-refractivity contribution in [2.75, 3.05) is 7.11 Å². The van der Waals surface area contributed by atoms with Crippen LogP contribution in [0.15, 0.2) is 72.1 Å². The van der Waals surface area contributed by atoms with Crippen LogP contribution in [-0.4, -0.2) is 39.5 Å². The molecule has 166 valence electrons. The first-order valence-electron chi connectivity index (χ1n) is 9.81. The molecule has 0 heterocycles. The first-order chi connectivity index (χ1) is 14.7. The van der Waals surface area contributed by atoms with E-state index in [1.807, 2.05) is 13.0 Å². The van der Waals surface area contributed by atoms with Crippen molar-refractivity contribution in [3.05, 3.63) is 78.4 Å². The molecule has 1 amide bonds. The smallest absolute Gasteiger partial charge is 0.328 e. The van der Waals surface area contributed by atoms with Gasteiger partial charge in [-0.3, -0.25) is 4.79 Å². The maximum absolute atomic E-state index is 13.1. The number of hydrogen-bond donors (Lipinski definition) is 2. The third-order valence-corrected chi connectivity index (χ3v) is 6.37. The summed E-state index contributed by atoms with van der Waals surface area (Å²) in [5, 5.41) is 2.61. The standard InChI is InChI=1S/C23H28N2O5S/c1-5-17(3)21(23(27)30-4)24-22(26)20(15-18-9-7-6-8-10-18)25-31(28,29)19-13-11-16(2)12-14-19/h5-14,17,20-21,25H,1,15H2,2-4H3,(H,24,26)/t17-,20+,21-/m1/s1. The van der Waals surface area contributed by atoms with E-state index in [2.05, 4.69) is 16.6 Å². The minimum Gasteiger partial charge on any atom is -0.467 e. The van der Waals surface area contributed by atoms with E-state index >= 15 is 0 Å². The lowest BCUT2D eigenvalue weighted by Crippen LogP contribution is -2.54. The highest BCUT2D eigenvalue weighted by molar-refractivity contribution is 7.89. The van der Waals surface area contributed by atoms with E-state index in [0.29, 0.717) is 0 Å². The van der Waals surface area contributed by atoms with E-state index in [1.54, 1.807) is 43.3 Å². The largest absolute Gasteiger partial charge is 0.467 e. The van der Waals surface area contributed by atoms with E-state index in [-0.39, 0.29) is 11.3 Å². The van der Waals surface area contributed by atoms with Gasteiger partial charge in [0.25, 0.3) is 0 Å². The molecule has 2 aromatic carbocycles. The van der Waals surface area contributed by atoms with Gasteiger partial charge in [-0.15, -0.1) is 6.58 Å². The molecule has 0 saturated heterocycles. The third-order valence-electron chi connectivity index (χ3n) is 4.88. The molecule has 0 aliphatic carbocycles. The molecular formula is C23H28N2O5S. The molecule has 0 spiro atoms. The predicted molar refractivity (Wildman–Crippen MR) is 119 cm³/mol. The Bertz CT molecular complexity index is 1000. The molecule has 0 aromatic heterocycles. The lowest BCUT2D eigenvalue weighted by atomic mass is 10.0. The van der Waals surface area contributed by atoms with Gasteiger partial charge in [-0.25, -0.2) is 13.2 Å². The van der Waals surface area contributed by atoms with Gasteiger partial charge in [-0.05, 0) is 31.0 Å². The lowest BCUT2D eigenvalue weighted by molar-refractivity contribution is -0.146. The Labute approximate surface area is 183 Å². The van der Waals surface area contributed by atoms with Crippen LogP contribution in [-0.2, 0) is 30.8 Å². The van der Waals surface area contributed by atoms with Crippen LogP contribution in [0.5, 0.6) is 0 Å². The van der Waals surface area contributed by atoms with Crippen LogP contribution in [0.4, 0.5) is 0 Å². The number of sulfonamides is 1. The topological polar surface area (TPSA) is 102 Å². The Hall–Kier alpha value is -2.97. The second-order valence-electron chi connectivity index (χ2n) is 7.28. The number of carbonyl (C=O) groups is 2. The van der Waals surface area contributed by atoms with Crippen molar-refractivity contribution in [2.45, 2.75) is 37.2 Å². The van der Waals surface area contributed by atoms with Crippen LogP contribution in [0, 0.1) is 12.8 Å². The molecule has 2 aromatic rings. The van der Waals surface area contributed by atoms with Crippen LogP contribution in [0.25, 0.3) is 0 Å². The number of benzene rings is 2. The van der Waals surface area contributed by atoms with Crippen LogP contribution in [0.1, 0.15) is 18.1 Å². The summed E-state index contributed by atoms with van der Waals surface area (Å²) in [6.07, 6.45) is 1.62. The summed E-state index contributed by atoms with van der Waals surface area (Å²) in [7, 11) is -2.75. The maximum atomic E-state index is 13.1. The normalized spacial score (nSPS) is 14.2. The molecule has 31 heavy (non-hydrogen) atoms. The highest BCUT2D eigenvalue weighted by Gasteiger charge is 2.31. The molecule has 0 saturated carbocycles. The van der Waals surface area contributed by atoms with Gasteiger partial charge in [-0.1, -0.05) is 61.0 Å². The van der Waals surface area contributed by atoms with Gasteiger partial charge in [0.05, 0.1) is 12.0 Å². The van der Waals surface area contributed by atoms with Gasteiger partial charge in [0.2, 0.25) is 15.9 Å². The fourth-order valence-corrected chi connectivity index (χ4v) is 4.13.